The summed E-state index contributed by atoms with van der Waals surface area (Å²) in [6.45, 7) is 3.01. The highest BCUT2D eigenvalue weighted by Gasteiger charge is 2.28. The summed E-state index contributed by atoms with van der Waals surface area (Å²) in [5.41, 5.74) is 3.37. The van der Waals surface area contributed by atoms with Crippen molar-refractivity contribution in [2.24, 2.45) is 0 Å². The number of rotatable bonds is 5. The number of piperidine rings is 1. The van der Waals surface area contributed by atoms with E-state index in [4.69, 9.17) is 0 Å². The Labute approximate surface area is 204 Å². The monoisotopic (exact) mass is 465 g/mol. The number of aryl methyl sites for hydroxylation is 1. The zero-order valence-electron chi connectivity index (χ0n) is 19.6. The van der Waals surface area contributed by atoms with Crippen LogP contribution in [0.5, 0.6) is 0 Å². The Morgan fingerprint density at radius 2 is 1.49 bits per heavy atom. The van der Waals surface area contributed by atoms with Gasteiger partial charge in [0.1, 0.15) is 0 Å². The molecule has 7 heteroatoms. The molecule has 35 heavy (non-hydrogen) atoms. The Kier molecular flexibility index (Phi) is 6.39. The number of nitrogens with zero attached hydrogens (tertiary/aromatic N) is 4. The Morgan fingerprint density at radius 1 is 0.857 bits per heavy atom. The highest BCUT2D eigenvalue weighted by molar-refractivity contribution is 5.96. The predicted octanol–water partition coefficient (Wildman–Crippen LogP) is 4.28. The fourth-order valence-electron chi connectivity index (χ4n) is 4.39. The molecule has 1 saturated heterocycles. The Bertz CT molecular complexity index is 1270. The molecule has 0 atom stereocenters. The first kappa shape index (κ1) is 22.5. The molecule has 0 spiro atoms. The minimum Gasteiger partial charge on any atom is -0.349 e. The Balaban J connectivity index is 1.30. The van der Waals surface area contributed by atoms with E-state index in [1.165, 1.54) is 0 Å². The fraction of sp³-hybridized carbons (Fsp3) is 0.214. The second-order valence-electron chi connectivity index (χ2n) is 8.73. The molecule has 1 fully saturated rings. The normalized spacial score (nSPS) is 14.0. The number of carbonyl (C=O) groups excluding carboxylic acids is 2. The number of likely N-dealkylation sites (tertiary alicyclic amines) is 1. The van der Waals surface area contributed by atoms with Crippen LogP contribution in [-0.4, -0.2) is 50.6 Å². The van der Waals surface area contributed by atoms with Gasteiger partial charge in [0.2, 0.25) is 5.82 Å². The maximum absolute atomic E-state index is 13.3. The van der Waals surface area contributed by atoms with Crippen molar-refractivity contribution in [3.63, 3.8) is 0 Å². The largest absolute Gasteiger partial charge is 0.349 e. The second kappa shape index (κ2) is 9.93. The average Bonchev–Trinajstić information content (AvgIpc) is 3.36. The van der Waals surface area contributed by atoms with Crippen molar-refractivity contribution in [3.05, 3.63) is 102 Å². The average molecular weight is 466 g/mol. The maximum atomic E-state index is 13.3. The second-order valence-corrected chi connectivity index (χ2v) is 8.73. The van der Waals surface area contributed by atoms with Gasteiger partial charge in [-0.1, -0.05) is 66.7 Å². The van der Waals surface area contributed by atoms with Crippen molar-refractivity contribution in [1.82, 2.24) is 25.0 Å². The van der Waals surface area contributed by atoms with Crippen LogP contribution >= 0.6 is 0 Å². The summed E-state index contributed by atoms with van der Waals surface area (Å²) in [4.78, 5) is 32.4. The summed E-state index contributed by atoms with van der Waals surface area (Å²) in [6, 6.07) is 27.0. The van der Waals surface area contributed by atoms with E-state index in [0.29, 0.717) is 37.3 Å². The smallest absolute Gasteiger partial charge is 0.293 e. The quantitative estimate of drug-likeness (QED) is 0.477. The standard InChI is InChI=1S/C28H27N5O2/c1-20-10-8-9-15-24(20)27(34)29-22-16-18-32(19-17-22)28(35)25-30-26(21-11-4-2-5-12-21)33(31-25)23-13-6-3-7-14-23/h2-15,22H,16-19H2,1H3,(H,29,34). The highest BCUT2D eigenvalue weighted by Crippen LogP contribution is 2.22. The van der Waals surface area contributed by atoms with Gasteiger partial charge < -0.3 is 10.2 Å². The summed E-state index contributed by atoms with van der Waals surface area (Å²) in [5.74, 6) is 0.542. The van der Waals surface area contributed by atoms with Gasteiger partial charge in [0.05, 0.1) is 5.69 Å². The molecule has 1 N–H and O–H groups in total. The summed E-state index contributed by atoms with van der Waals surface area (Å²) in [7, 11) is 0. The summed E-state index contributed by atoms with van der Waals surface area (Å²) >= 11 is 0. The molecule has 0 aliphatic carbocycles. The van der Waals surface area contributed by atoms with Gasteiger partial charge in [0.25, 0.3) is 11.8 Å². The van der Waals surface area contributed by atoms with Gasteiger partial charge in [-0.2, -0.15) is 0 Å². The molecule has 4 aromatic rings. The van der Waals surface area contributed by atoms with Crippen molar-refractivity contribution in [2.75, 3.05) is 13.1 Å². The van der Waals surface area contributed by atoms with Crippen molar-refractivity contribution in [1.29, 1.82) is 0 Å². The van der Waals surface area contributed by atoms with E-state index in [1.54, 1.807) is 9.58 Å². The first-order valence-corrected chi connectivity index (χ1v) is 11.8. The summed E-state index contributed by atoms with van der Waals surface area (Å²) < 4.78 is 1.72. The first-order valence-electron chi connectivity index (χ1n) is 11.8. The van der Waals surface area contributed by atoms with E-state index in [9.17, 15) is 9.59 Å². The number of nitrogens with one attached hydrogen (secondary N) is 1. The molecule has 2 heterocycles. The van der Waals surface area contributed by atoms with E-state index in [0.717, 1.165) is 16.8 Å². The van der Waals surface area contributed by atoms with E-state index < -0.39 is 0 Å². The van der Waals surface area contributed by atoms with Crippen LogP contribution in [0.25, 0.3) is 17.1 Å². The number of hydrogen-bond donors (Lipinski definition) is 1. The van der Waals surface area contributed by atoms with Crippen molar-refractivity contribution >= 4 is 11.8 Å². The lowest BCUT2D eigenvalue weighted by atomic mass is 10.0. The third kappa shape index (κ3) is 4.84. The fourth-order valence-corrected chi connectivity index (χ4v) is 4.39. The van der Waals surface area contributed by atoms with Crippen LogP contribution in [0, 0.1) is 6.92 Å². The number of aromatic nitrogens is 3. The van der Waals surface area contributed by atoms with Gasteiger partial charge in [0, 0.05) is 30.3 Å². The lowest BCUT2D eigenvalue weighted by Gasteiger charge is -2.31. The molecule has 0 radical (unpaired) electrons. The van der Waals surface area contributed by atoms with Crippen molar-refractivity contribution in [3.8, 4) is 17.1 Å². The SMILES string of the molecule is Cc1ccccc1C(=O)NC1CCN(C(=O)c2nc(-c3ccccc3)n(-c3ccccc3)n2)CC1. The number of carbonyl (C=O) groups is 2. The maximum Gasteiger partial charge on any atom is 0.293 e. The van der Waals surface area contributed by atoms with Crippen LogP contribution in [0.2, 0.25) is 0 Å². The molecular formula is C28H27N5O2. The molecule has 1 aromatic heterocycles. The molecule has 176 valence electrons. The molecule has 2 amide bonds. The van der Waals surface area contributed by atoms with Crippen LogP contribution in [0.1, 0.15) is 39.4 Å². The molecule has 3 aromatic carbocycles. The van der Waals surface area contributed by atoms with Crippen molar-refractivity contribution in [2.45, 2.75) is 25.8 Å². The predicted molar refractivity (Wildman–Crippen MR) is 134 cm³/mol. The topological polar surface area (TPSA) is 80.1 Å². The molecule has 1 aliphatic heterocycles. The molecule has 7 nitrogen and oxygen atoms in total. The minimum atomic E-state index is -0.194. The van der Waals surface area contributed by atoms with Gasteiger partial charge in [0.15, 0.2) is 5.82 Å². The van der Waals surface area contributed by atoms with Gasteiger partial charge in [-0.25, -0.2) is 9.67 Å². The van der Waals surface area contributed by atoms with Crippen LogP contribution in [0.4, 0.5) is 0 Å². The molecule has 5 rings (SSSR count). The van der Waals surface area contributed by atoms with Crippen LogP contribution in [0.15, 0.2) is 84.9 Å². The molecular weight excluding hydrogens is 438 g/mol. The first-order chi connectivity index (χ1) is 17.1. The van der Waals surface area contributed by atoms with Crippen molar-refractivity contribution < 1.29 is 9.59 Å². The van der Waals surface area contributed by atoms with Gasteiger partial charge in [-0.3, -0.25) is 9.59 Å². The molecule has 1 aliphatic rings. The van der Waals surface area contributed by atoms with Crippen LogP contribution < -0.4 is 5.32 Å². The van der Waals surface area contributed by atoms with Crippen LogP contribution in [-0.2, 0) is 0 Å². The van der Waals surface area contributed by atoms with Gasteiger partial charge >= 0.3 is 0 Å². The van der Waals surface area contributed by atoms with Crippen LogP contribution in [0.3, 0.4) is 0 Å². The summed E-state index contributed by atoms with van der Waals surface area (Å²) in [5, 5.41) is 7.71. The third-order valence-electron chi connectivity index (χ3n) is 6.34. The zero-order valence-corrected chi connectivity index (χ0v) is 19.6. The number of para-hydroxylation sites is 1. The lowest BCUT2D eigenvalue weighted by Crippen LogP contribution is -2.46. The molecule has 0 unspecified atom stereocenters. The highest BCUT2D eigenvalue weighted by atomic mass is 16.2. The van der Waals surface area contributed by atoms with E-state index in [-0.39, 0.29) is 23.7 Å². The Morgan fingerprint density at radius 3 is 2.17 bits per heavy atom. The summed E-state index contributed by atoms with van der Waals surface area (Å²) in [6.07, 6.45) is 1.38. The number of amides is 2. The van der Waals surface area contributed by atoms with Gasteiger partial charge in [-0.05, 0) is 43.5 Å². The number of benzene rings is 3. The zero-order chi connectivity index (χ0) is 24.2. The van der Waals surface area contributed by atoms with E-state index in [2.05, 4.69) is 15.4 Å². The third-order valence-corrected chi connectivity index (χ3v) is 6.34. The molecule has 0 saturated carbocycles. The van der Waals surface area contributed by atoms with Gasteiger partial charge in [-0.15, -0.1) is 5.10 Å². The molecule has 0 bridgehead atoms. The lowest BCUT2D eigenvalue weighted by molar-refractivity contribution is 0.0686. The minimum absolute atomic E-state index is 0.0286. The Hall–Kier alpha value is -4.26. The van der Waals surface area contributed by atoms with E-state index >= 15 is 0 Å². The number of hydrogen-bond acceptors (Lipinski definition) is 4. The van der Waals surface area contributed by atoms with E-state index in [1.807, 2.05) is 91.9 Å².